The van der Waals surface area contributed by atoms with Gasteiger partial charge in [-0.2, -0.15) is 0 Å². The molecule has 0 atom stereocenters. The number of carbonyl (C=O) groups is 2. The molecule has 0 aliphatic rings. The SMILES string of the molecule is Cc1ccc(-c2scc(NC(=O)c3cccc(C)c3)c2C(=O)O)cc1. The number of aromatic carboxylic acids is 1. The number of benzene rings is 2. The standard InChI is InChI=1S/C20H17NO3S/c1-12-6-8-14(9-7-12)18-17(20(23)24)16(11-25-18)21-19(22)15-5-3-4-13(2)10-15/h3-11H,1-2H3,(H,21,22)(H,23,24). The van der Waals surface area contributed by atoms with Crippen LogP contribution in [0.5, 0.6) is 0 Å². The lowest BCUT2D eigenvalue weighted by Gasteiger charge is -2.07. The molecule has 0 aliphatic heterocycles. The molecule has 0 fully saturated rings. The Morgan fingerprint density at radius 3 is 2.36 bits per heavy atom. The molecule has 25 heavy (non-hydrogen) atoms. The maximum atomic E-state index is 12.4. The third-order valence-corrected chi connectivity index (χ3v) is 4.88. The average Bonchev–Trinajstić information content (AvgIpc) is 2.99. The molecule has 3 rings (SSSR count). The molecule has 3 aromatic rings. The van der Waals surface area contributed by atoms with Gasteiger partial charge >= 0.3 is 5.97 Å². The first-order valence-corrected chi connectivity index (χ1v) is 8.63. The van der Waals surface area contributed by atoms with Crippen molar-refractivity contribution in [2.75, 3.05) is 5.32 Å². The van der Waals surface area contributed by atoms with Crippen LogP contribution in [-0.2, 0) is 0 Å². The largest absolute Gasteiger partial charge is 0.478 e. The lowest BCUT2D eigenvalue weighted by atomic mass is 10.1. The minimum Gasteiger partial charge on any atom is -0.478 e. The Labute approximate surface area is 149 Å². The summed E-state index contributed by atoms with van der Waals surface area (Å²) in [6.45, 7) is 3.88. The number of carboxylic acids is 1. The van der Waals surface area contributed by atoms with Crippen molar-refractivity contribution in [3.05, 3.63) is 76.2 Å². The second-order valence-electron chi connectivity index (χ2n) is 5.85. The van der Waals surface area contributed by atoms with Crippen molar-refractivity contribution in [3.63, 3.8) is 0 Å². The van der Waals surface area contributed by atoms with Crippen molar-refractivity contribution in [1.82, 2.24) is 0 Å². The van der Waals surface area contributed by atoms with Crippen molar-refractivity contribution in [2.45, 2.75) is 13.8 Å². The first-order valence-electron chi connectivity index (χ1n) is 7.75. The van der Waals surface area contributed by atoms with E-state index in [4.69, 9.17) is 0 Å². The highest BCUT2D eigenvalue weighted by Gasteiger charge is 2.21. The number of aryl methyl sites for hydroxylation is 2. The molecule has 0 bridgehead atoms. The second kappa shape index (κ2) is 6.91. The molecule has 1 heterocycles. The van der Waals surface area contributed by atoms with Crippen LogP contribution < -0.4 is 5.32 Å². The average molecular weight is 351 g/mol. The number of anilines is 1. The maximum absolute atomic E-state index is 12.4. The van der Waals surface area contributed by atoms with Crippen LogP contribution in [0.15, 0.2) is 53.9 Å². The number of hydrogen-bond donors (Lipinski definition) is 2. The van der Waals surface area contributed by atoms with Crippen LogP contribution in [0.2, 0.25) is 0 Å². The number of rotatable bonds is 4. The molecule has 1 amide bonds. The molecule has 0 unspecified atom stereocenters. The summed E-state index contributed by atoms with van der Waals surface area (Å²) in [7, 11) is 0. The van der Waals surface area contributed by atoms with E-state index in [0.29, 0.717) is 16.1 Å². The third-order valence-electron chi connectivity index (χ3n) is 3.85. The summed E-state index contributed by atoms with van der Waals surface area (Å²) in [5, 5.41) is 14.0. The van der Waals surface area contributed by atoms with Gasteiger partial charge in [0.25, 0.3) is 5.91 Å². The Hall–Kier alpha value is -2.92. The van der Waals surface area contributed by atoms with E-state index >= 15 is 0 Å². The van der Waals surface area contributed by atoms with Crippen molar-refractivity contribution in [1.29, 1.82) is 0 Å². The molecule has 1 aromatic heterocycles. The third kappa shape index (κ3) is 3.61. The molecule has 4 nitrogen and oxygen atoms in total. The zero-order chi connectivity index (χ0) is 18.0. The number of amides is 1. The van der Waals surface area contributed by atoms with E-state index in [2.05, 4.69) is 5.32 Å². The van der Waals surface area contributed by atoms with Gasteiger partial charge in [0.15, 0.2) is 0 Å². The van der Waals surface area contributed by atoms with Crippen LogP contribution >= 0.6 is 11.3 Å². The Bertz CT molecular complexity index is 942. The van der Waals surface area contributed by atoms with Crippen LogP contribution in [-0.4, -0.2) is 17.0 Å². The van der Waals surface area contributed by atoms with E-state index in [1.165, 1.54) is 11.3 Å². The van der Waals surface area contributed by atoms with Crippen molar-refractivity contribution in [2.24, 2.45) is 0 Å². The first-order chi connectivity index (χ1) is 12.0. The van der Waals surface area contributed by atoms with Crippen molar-refractivity contribution in [3.8, 4) is 10.4 Å². The fourth-order valence-corrected chi connectivity index (χ4v) is 3.56. The lowest BCUT2D eigenvalue weighted by molar-refractivity contribution is 0.0699. The summed E-state index contributed by atoms with van der Waals surface area (Å²) in [5.41, 5.74) is 3.83. The Morgan fingerprint density at radius 2 is 1.72 bits per heavy atom. The number of carbonyl (C=O) groups excluding carboxylic acids is 1. The van der Waals surface area contributed by atoms with Crippen molar-refractivity contribution < 1.29 is 14.7 Å². The topological polar surface area (TPSA) is 66.4 Å². The highest BCUT2D eigenvalue weighted by molar-refractivity contribution is 7.14. The van der Waals surface area contributed by atoms with E-state index in [0.717, 1.165) is 16.7 Å². The first kappa shape index (κ1) is 16.9. The van der Waals surface area contributed by atoms with Gasteiger partial charge in [-0.15, -0.1) is 11.3 Å². The van der Waals surface area contributed by atoms with Crippen LogP contribution in [0.3, 0.4) is 0 Å². The molecule has 2 aromatic carbocycles. The van der Waals surface area contributed by atoms with Gasteiger partial charge in [-0.3, -0.25) is 4.79 Å². The monoisotopic (exact) mass is 351 g/mol. The van der Waals surface area contributed by atoms with Gasteiger partial charge in [-0.1, -0.05) is 47.5 Å². The summed E-state index contributed by atoms with van der Waals surface area (Å²) >= 11 is 1.31. The van der Waals surface area contributed by atoms with Gasteiger partial charge in [0, 0.05) is 10.9 Å². The molecule has 126 valence electrons. The van der Waals surface area contributed by atoms with Crippen LogP contribution in [0.25, 0.3) is 10.4 Å². The van der Waals surface area contributed by atoms with Gasteiger partial charge in [0.1, 0.15) is 5.56 Å². The molecular weight excluding hydrogens is 334 g/mol. The fraction of sp³-hybridized carbons (Fsp3) is 0.100. The van der Waals surface area contributed by atoms with Crippen molar-refractivity contribution >= 4 is 28.9 Å². The number of thiophene rings is 1. The summed E-state index contributed by atoms with van der Waals surface area (Å²) in [6, 6.07) is 14.8. The predicted octanol–water partition coefficient (Wildman–Crippen LogP) is 4.98. The predicted molar refractivity (Wildman–Crippen MR) is 101 cm³/mol. The highest BCUT2D eigenvalue weighted by atomic mass is 32.1. The Kier molecular flexibility index (Phi) is 4.67. The molecular formula is C20H17NO3S. The molecule has 0 saturated carbocycles. The molecule has 0 radical (unpaired) electrons. The molecule has 0 saturated heterocycles. The van der Waals surface area contributed by atoms with E-state index in [-0.39, 0.29) is 11.5 Å². The molecule has 0 aliphatic carbocycles. The maximum Gasteiger partial charge on any atom is 0.339 e. The van der Waals surface area contributed by atoms with E-state index < -0.39 is 5.97 Å². The highest BCUT2D eigenvalue weighted by Crippen LogP contribution is 2.36. The zero-order valence-corrected chi connectivity index (χ0v) is 14.7. The number of nitrogens with one attached hydrogen (secondary N) is 1. The molecule has 5 heteroatoms. The van der Waals surface area contributed by atoms with Gasteiger partial charge in [-0.05, 0) is 31.5 Å². The molecule has 2 N–H and O–H groups in total. The summed E-state index contributed by atoms with van der Waals surface area (Å²) in [6.07, 6.45) is 0. The second-order valence-corrected chi connectivity index (χ2v) is 6.73. The van der Waals surface area contributed by atoms with Crippen LogP contribution in [0, 0.1) is 13.8 Å². The smallest absolute Gasteiger partial charge is 0.339 e. The number of hydrogen-bond acceptors (Lipinski definition) is 3. The minimum atomic E-state index is -1.06. The summed E-state index contributed by atoms with van der Waals surface area (Å²) in [4.78, 5) is 24.8. The van der Waals surface area contributed by atoms with Crippen LogP contribution in [0.1, 0.15) is 31.8 Å². The van der Waals surface area contributed by atoms with Gasteiger partial charge in [0.2, 0.25) is 0 Å². The number of carboxylic acid groups (broad SMARTS) is 1. The van der Waals surface area contributed by atoms with Gasteiger partial charge < -0.3 is 10.4 Å². The normalized spacial score (nSPS) is 10.5. The molecule has 0 spiro atoms. The quantitative estimate of drug-likeness (QED) is 0.696. The lowest BCUT2D eigenvalue weighted by Crippen LogP contribution is -2.14. The zero-order valence-electron chi connectivity index (χ0n) is 13.9. The van der Waals surface area contributed by atoms with Crippen LogP contribution in [0.4, 0.5) is 5.69 Å². The van der Waals surface area contributed by atoms with Gasteiger partial charge in [-0.25, -0.2) is 4.79 Å². The fourth-order valence-electron chi connectivity index (χ4n) is 2.56. The Balaban J connectivity index is 1.96. The van der Waals surface area contributed by atoms with E-state index in [9.17, 15) is 14.7 Å². The van der Waals surface area contributed by atoms with E-state index in [1.54, 1.807) is 23.6 Å². The van der Waals surface area contributed by atoms with Gasteiger partial charge in [0.05, 0.1) is 10.6 Å². The minimum absolute atomic E-state index is 0.120. The summed E-state index contributed by atoms with van der Waals surface area (Å²) in [5.74, 6) is -1.38. The van der Waals surface area contributed by atoms with E-state index in [1.807, 2.05) is 44.2 Å². The summed E-state index contributed by atoms with van der Waals surface area (Å²) < 4.78 is 0. The Morgan fingerprint density at radius 1 is 1.00 bits per heavy atom.